The van der Waals surface area contributed by atoms with Crippen LogP contribution in [0.5, 0.6) is 0 Å². The minimum atomic E-state index is -1.61. The average molecular weight is 1200 g/mol. The largest absolute Gasteiger partial charge is 0.454 e. The lowest BCUT2D eigenvalue weighted by molar-refractivity contribution is -0.305. The Morgan fingerprint density at radius 2 is 0.812 bits per heavy atom. The molecule has 0 radical (unpaired) electrons. The molecule has 1 aliphatic heterocycles. The quantitative estimate of drug-likeness (QED) is 0.0195. The van der Waals surface area contributed by atoms with Gasteiger partial charge in [0.2, 0.25) is 5.91 Å². The van der Waals surface area contributed by atoms with Crippen molar-refractivity contribution in [2.45, 2.75) is 410 Å². The number of allylic oxidation sites excluding steroid dienone is 5. The summed E-state index contributed by atoms with van der Waals surface area (Å²) in [6.07, 6.45) is 66.2. The maximum Gasteiger partial charge on any atom is 0.306 e. The van der Waals surface area contributed by atoms with Crippen LogP contribution in [0.1, 0.15) is 361 Å². The number of amides is 1. The van der Waals surface area contributed by atoms with Gasteiger partial charge in [-0.15, -0.1) is 0 Å². The SMILES string of the molecule is CCCCC/C=C\C/C=C\CCCCCCCCCCCCCCCC(=O)OC1C(OCC(NC(=O)C(O)CCCCCCCCCCCCCCCCCCCCCCCC)C(O)/C=C/CCCCCCCCCCC)OC(CO)C(O)C1O. The number of carbonyl (C=O) groups excluding carboxylic acids is 2. The van der Waals surface area contributed by atoms with Crippen LogP contribution in [0.25, 0.3) is 0 Å². The van der Waals surface area contributed by atoms with Gasteiger partial charge in [0.15, 0.2) is 12.4 Å². The molecule has 1 aliphatic rings. The van der Waals surface area contributed by atoms with E-state index in [1.165, 1.54) is 250 Å². The van der Waals surface area contributed by atoms with Crippen LogP contribution in [0, 0.1) is 0 Å². The van der Waals surface area contributed by atoms with Gasteiger partial charge >= 0.3 is 5.97 Å². The fraction of sp³-hybridized carbons (Fsp3) is 0.892. The minimum absolute atomic E-state index is 0.126. The second-order valence-electron chi connectivity index (χ2n) is 25.7. The molecule has 11 nitrogen and oxygen atoms in total. The second-order valence-corrected chi connectivity index (χ2v) is 25.7. The van der Waals surface area contributed by atoms with Crippen molar-refractivity contribution in [3.05, 3.63) is 36.5 Å². The number of rotatable bonds is 64. The van der Waals surface area contributed by atoms with Gasteiger partial charge in [0.1, 0.15) is 24.4 Å². The Kier molecular flexibility index (Phi) is 59.1. The van der Waals surface area contributed by atoms with E-state index in [0.29, 0.717) is 19.3 Å². The molecule has 1 saturated heterocycles. The molecular formula is C74H139NO10. The maximum absolute atomic E-state index is 13.5. The van der Waals surface area contributed by atoms with E-state index >= 15 is 0 Å². The molecule has 1 heterocycles. The summed E-state index contributed by atoms with van der Waals surface area (Å²) in [5, 5.41) is 57.3. The fourth-order valence-electron chi connectivity index (χ4n) is 11.7. The van der Waals surface area contributed by atoms with E-state index in [2.05, 4.69) is 50.4 Å². The zero-order chi connectivity index (χ0) is 61.7. The normalized spacial score (nSPS) is 18.5. The molecule has 11 heteroatoms. The molecule has 6 N–H and O–H groups in total. The molecule has 0 aromatic carbocycles. The monoisotopic (exact) mass is 1200 g/mol. The molecular weight excluding hydrogens is 1060 g/mol. The summed E-state index contributed by atoms with van der Waals surface area (Å²) in [5.41, 5.74) is 0. The van der Waals surface area contributed by atoms with Crippen LogP contribution >= 0.6 is 0 Å². The fourth-order valence-corrected chi connectivity index (χ4v) is 11.7. The van der Waals surface area contributed by atoms with Gasteiger partial charge in [-0.1, -0.05) is 333 Å². The summed E-state index contributed by atoms with van der Waals surface area (Å²) < 4.78 is 17.7. The lowest BCUT2D eigenvalue weighted by Crippen LogP contribution is -2.61. The highest BCUT2D eigenvalue weighted by Crippen LogP contribution is 2.27. The molecule has 500 valence electrons. The third-order valence-corrected chi connectivity index (χ3v) is 17.5. The van der Waals surface area contributed by atoms with Crippen LogP contribution < -0.4 is 5.32 Å². The van der Waals surface area contributed by atoms with Crippen molar-refractivity contribution in [2.24, 2.45) is 0 Å². The van der Waals surface area contributed by atoms with Gasteiger partial charge in [-0.2, -0.15) is 0 Å². The summed E-state index contributed by atoms with van der Waals surface area (Å²) in [5.74, 6) is -1.18. The van der Waals surface area contributed by atoms with E-state index in [1.807, 2.05) is 6.08 Å². The first kappa shape index (κ1) is 80.9. The highest BCUT2D eigenvalue weighted by molar-refractivity contribution is 5.80. The Morgan fingerprint density at radius 1 is 0.459 bits per heavy atom. The van der Waals surface area contributed by atoms with Gasteiger partial charge in [0, 0.05) is 6.42 Å². The minimum Gasteiger partial charge on any atom is -0.454 e. The Labute approximate surface area is 523 Å². The number of ether oxygens (including phenoxy) is 3. The molecule has 1 fully saturated rings. The summed E-state index contributed by atoms with van der Waals surface area (Å²) in [6.45, 7) is 5.82. The third-order valence-electron chi connectivity index (χ3n) is 17.5. The summed E-state index contributed by atoms with van der Waals surface area (Å²) in [7, 11) is 0. The molecule has 0 bridgehead atoms. The van der Waals surface area contributed by atoms with Gasteiger partial charge in [0.05, 0.1) is 25.4 Å². The van der Waals surface area contributed by atoms with Gasteiger partial charge in [-0.05, 0) is 57.8 Å². The first-order valence-electron chi connectivity index (χ1n) is 36.8. The van der Waals surface area contributed by atoms with E-state index < -0.39 is 67.4 Å². The molecule has 0 spiro atoms. The van der Waals surface area contributed by atoms with Crippen LogP contribution in [0.2, 0.25) is 0 Å². The molecule has 1 rings (SSSR count). The van der Waals surface area contributed by atoms with Crippen molar-refractivity contribution >= 4 is 11.9 Å². The molecule has 85 heavy (non-hydrogen) atoms. The average Bonchev–Trinajstić information content (AvgIpc) is 2.90. The van der Waals surface area contributed by atoms with Crippen molar-refractivity contribution in [1.82, 2.24) is 5.32 Å². The van der Waals surface area contributed by atoms with E-state index in [1.54, 1.807) is 6.08 Å². The van der Waals surface area contributed by atoms with E-state index in [-0.39, 0.29) is 13.0 Å². The van der Waals surface area contributed by atoms with Crippen LogP contribution in [0.15, 0.2) is 36.5 Å². The lowest BCUT2D eigenvalue weighted by Gasteiger charge is -2.41. The number of nitrogens with one attached hydrogen (secondary N) is 1. The van der Waals surface area contributed by atoms with Crippen molar-refractivity contribution in [2.75, 3.05) is 13.2 Å². The second kappa shape index (κ2) is 62.1. The number of hydrogen-bond acceptors (Lipinski definition) is 10. The predicted molar refractivity (Wildman–Crippen MR) is 357 cm³/mol. The van der Waals surface area contributed by atoms with E-state index in [0.717, 1.165) is 64.2 Å². The highest BCUT2D eigenvalue weighted by atomic mass is 16.7. The number of aliphatic hydroxyl groups is 5. The first-order chi connectivity index (χ1) is 41.7. The number of aliphatic hydroxyl groups excluding tert-OH is 5. The number of unbranched alkanes of at least 4 members (excludes halogenated alkanes) is 46. The van der Waals surface area contributed by atoms with Crippen molar-refractivity contribution in [3.8, 4) is 0 Å². The van der Waals surface area contributed by atoms with Gasteiger partial charge in [0.25, 0.3) is 0 Å². The standard InChI is InChI=1S/C74H139NO10/c1-4-7-10-13-16-19-22-24-26-28-30-32-34-36-38-40-42-44-47-50-53-56-59-62-69(79)85-72-71(81)70(80)68(63-76)84-74(72)83-64-65(66(77)60-57-54-51-48-45-21-18-15-12-9-6-3)75-73(82)67(78)61-58-55-52-49-46-43-41-39-37-35-33-31-29-27-25-23-20-17-14-11-8-5-2/h16,19,24,26,57,60,65-68,70-72,74,76-78,80-81H,4-15,17-18,20-23,25,27-56,58-59,61-64H2,1-3H3,(H,75,82)/b19-16-,26-24-,60-57+. The highest BCUT2D eigenvalue weighted by Gasteiger charge is 2.47. The summed E-state index contributed by atoms with van der Waals surface area (Å²) >= 11 is 0. The molecule has 0 saturated carbocycles. The van der Waals surface area contributed by atoms with Crippen molar-refractivity contribution in [3.63, 3.8) is 0 Å². The van der Waals surface area contributed by atoms with Crippen LogP contribution in [-0.2, 0) is 23.8 Å². The van der Waals surface area contributed by atoms with Gasteiger partial charge in [-0.3, -0.25) is 9.59 Å². The summed E-state index contributed by atoms with van der Waals surface area (Å²) in [6, 6.07) is -1.02. The Bertz CT molecular complexity index is 1520. The number of hydrogen-bond donors (Lipinski definition) is 6. The van der Waals surface area contributed by atoms with Gasteiger partial charge < -0.3 is 45.1 Å². The Morgan fingerprint density at radius 3 is 1.22 bits per heavy atom. The summed E-state index contributed by atoms with van der Waals surface area (Å²) in [4.78, 5) is 26.7. The lowest BCUT2D eigenvalue weighted by atomic mass is 9.99. The zero-order valence-electron chi connectivity index (χ0n) is 55.8. The topological polar surface area (TPSA) is 175 Å². The molecule has 8 atom stereocenters. The Hall–Kier alpha value is -2.12. The smallest absolute Gasteiger partial charge is 0.306 e. The number of esters is 1. The maximum atomic E-state index is 13.5. The predicted octanol–water partition coefficient (Wildman–Crippen LogP) is 19.0. The molecule has 1 amide bonds. The number of carbonyl (C=O) groups is 2. The molecule has 0 aromatic rings. The van der Waals surface area contributed by atoms with E-state index in [4.69, 9.17) is 14.2 Å². The van der Waals surface area contributed by atoms with E-state index in [9.17, 15) is 35.1 Å². The van der Waals surface area contributed by atoms with Crippen LogP contribution in [0.3, 0.4) is 0 Å². The van der Waals surface area contributed by atoms with Crippen molar-refractivity contribution in [1.29, 1.82) is 0 Å². The molecule has 0 aliphatic carbocycles. The molecule has 0 aromatic heterocycles. The van der Waals surface area contributed by atoms with Crippen LogP contribution in [0.4, 0.5) is 0 Å². The van der Waals surface area contributed by atoms with Gasteiger partial charge in [-0.25, -0.2) is 0 Å². The third kappa shape index (κ3) is 49.4. The van der Waals surface area contributed by atoms with Crippen LogP contribution in [-0.4, -0.2) is 99.6 Å². The molecule has 8 unspecified atom stereocenters. The first-order valence-corrected chi connectivity index (χ1v) is 36.8. The Balaban J connectivity index is 2.52. The van der Waals surface area contributed by atoms with Crippen molar-refractivity contribution < 1.29 is 49.3 Å². The zero-order valence-corrected chi connectivity index (χ0v) is 55.8.